The summed E-state index contributed by atoms with van der Waals surface area (Å²) in [5.41, 5.74) is 0.690. The second-order valence-electron chi connectivity index (χ2n) is 3.54. The molecule has 1 amide bonds. The minimum atomic E-state index is -0.0136. The molecule has 0 saturated heterocycles. The van der Waals surface area contributed by atoms with Crippen LogP contribution in [0.15, 0.2) is 28.7 Å². The van der Waals surface area contributed by atoms with Crippen LogP contribution in [0.25, 0.3) is 0 Å². The van der Waals surface area contributed by atoms with Crippen LogP contribution in [0, 0.1) is 0 Å². The van der Waals surface area contributed by atoms with Gasteiger partial charge in [0.25, 0.3) is 5.91 Å². The van der Waals surface area contributed by atoms with E-state index in [1.54, 1.807) is 0 Å². The summed E-state index contributed by atoms with van der Waals surface area (Å²) in [4.78, 5) is 12.0. The maximum atomic E-state index is 12.0. The van der Waals surface area contributed by atoms with Gasteiger partial charge in [-0.05, 0) is 40.9 Å². The molecule has 0 heterocycles. The third kappa shape index (κ3) is 3.91. The molecule has 0 aliphatic heterocycles. The van der Waals surface area contributed by atoms with E-state index in [9.17, 15) is 4.79 Å². The summed E-state index contributed by atoms with van der Waals surface area (Å²) in [6.07, 6.45) is 1.90. The Kier molecular flexibility index (Phi) is 6.06. The number of alkyl halides is 1. The van der Waals surface area contributed by atoms with Gasteiger partial charge in [-0.25, -0.2) is 0 Å². The van der Waals surface area contributed by atoms with Gasteiger partial charge in [-0.1, -0.05) is 35.0 Å². The van der Waals surface area contributed by atoms with E-state index in [0.717, 1.165) is 22.6 Å². The van der Waals surface area contributed by atoms with E-state index in [-0.39, 0.29) is 11.9 Å². The molecular formula is C12H15Br2NO. The van der Waals surface area contributed by atoms with Crippen LogP contribution in [-0.2, 0) is 0 Å². The van der Waals surface area contributed by atoms with Gasteiger partial charge in [-0.2, -0.15) is 0 Å². The molecular weight excluding hydrogens is 334 g/mol. The maximum absolute atomic E-state index is 12.0. The monoisotopic (exact) mass is 347 g/mol. The van der Waals surface area contributed by atoms with Crippen molar-refractivity contribution in [2.24, 2.45) is 0 Å². The number of amides is 1. The number of nitrogens with one attached hydrogen (secondary N) is 1. The van der Waals surface area contributed by atoms with Crippen LogP contribution in [0.5, 0.6) is 0 Å². The van der Waals surface area contributed by atoms with Crippen molar-refractivity contribution >= 4 is 37.8 Å². The van der Waals surface area contributed by atoms with E-state index in [2.05, 4.69) is 44.1 Å². The molecule has 0 aromatic heterocycles. The molecule has 1 rings (SSSR count). The quantitative estimate of drug-likeness (QED) is 0.807. The summed E-state index contributed by atoms with van der Waals surface area (Å²) in [5.74, 6) is -0.0136. The van der Waals surface area contributed by atoms with Crippen LogP contribution in [0.3, 0.4) is 0 Å². The zero-order valence-corrected chi connectivity index (χ0v) is 12.3. The number of carbonyl (C=O) groups is 1. The van der Waals surface area contributed by atoms with Crippen molar-refractivity contribution in [3.63, 3.8) is 0 Å². The molecule has 1 aromatic carbocycles. The minimum absolute atomic E-state index is 0.0136. The smallest absolute Gasteiger partial charge is 0.252 e. The maximum Gasteiger partial charge on any atom is 0.252 e. The summed E-state index contributed by atoms with van der Waals surface area (Å²) in [5, 5.41) is 3.93. The van der Waals surface area contributed by atoms with Crippen molar-refractivity contribution in [3.05, 3.63) is 34.3 Å². The molecule has 16 heavy (non-hydrogen) atoms. The fraction of sp³-hybridized carbons (Fsp3) is 0.417. The largest absolute Gasteiger partial charge is 0.349 e. The lowest BCUT2D eigenvalue weighted by molar-refractivity contribution is 0.0934. The van der Waals surface area contributed by atoms with Crippen molar-refractivity contribution in [1.82, 2.24) is 5.32 Å². The fourth-order valence-corrected chi connectivity index (χ4v) is 2.44. The first-order valence-corrected chi connectivity index (χ1v) is 7.21. The highest BCUT2D eigenvalue weighted by atomic mass is 79.9. The zero-order valence-electron chi connectivity index (χ0n) is 9.17. The molecule has 0 fully saturated rings. The predicted molar refractivity (Wildman–Crippen MR) is 74.1 cm³/mol. The highest BCUT2D eigenvalue weighted by molar-refractivity contribution is 9.10. The van der Waals surface area contributed by atoms with E-state index in [1.807, 2.05) is 24.3 Å². The van der Waals surface area contributed by atoms with Gasteiger partial charge < -0.3 is 5.32 Å². The van der Waals surface area contributed by atoms with Crippen LogP contribution in [0.2, 0.25) is 0 Å². The summed E-state index contributed by atoms with van der Waals surface area (Å²) < 4.78 is 0.834. The minimum Gasteiger partial charge on any atom is -0.349 e. The summed E-state index contributed by atoms with van der Waals surface area (Å²) in [6, 6.07) is 7.70. The van der Waals surface area contributed by atoms with E-state index >= 15 is 0 Å². The van der Waals surface area contributed by atoms with Crippen LogP contribution in [0.4, 0.5) is 0 Å². The molecule has 0 spiro atoms. The predicted octanol–water partition coefficient (Wildman–Crippen LogP) is 3.74. The normalized spacial score (nSPS) is 12.2. The topological polar surface area (TPSA) is 29.1 Å². The lowest BCUT2D eigenvalue weighted by Crippen LogP contribution is -2.34. The Bertz CT molecular complexity index is 355. The average Bonchev–Trinajstić information content (AvgIpc) is 2.28. The molecule has 4 heteroatoms. The first kappa shape index (κ1) is 13.7. The first-order valence-electron chi connectivity index (χ1n) is 5.30. The van der Waals surface area contributed by atoms with Crippen molar-refractivity contribution in [1.29, 1.82) is 0 Å². The van der Waals surface area contributed by atoms with Gasteiger partial charge in [-0.3, -0.25) is 4.79 Å². The summed E-state index contributed by atoms with van der Waals surface area (Å²) in [6.45, 7) is 2.08. The van der Waals surface area contributed by atoms with Gasteiger partial charge in [0.1, 0.15) is 0 Å². The van der Waals surface area contributed by atoms with Gasteiger partial charge in [0.15, 0.2) is 0 Å². The Morgan fingerprint density at radius 2 is 2.12 bits per heavy atom. The van der Waals surface area contributed by atoms with Crippen LogP contribution in [0.1, 0.15) is 30.1 Å². The van der Waals surface area contributed by atoms with Crippen LogP contribution >= 0.6 is 31.9 Å². The highest BCUT2D eigenvalue weighted by Crippen LogP contribution is 2.16. The second kappa shape index (κ2) is 7.07. The van der Waals surface area contributed by atoms with E-state index in [0.29, 0.717) is 5.56 Å². The first-order chi connectivity index (χ1) is 7.69. The molecule has 1 unspecified atom stereocenters. The molecule has 1 aromatic rings. The Hall–Kier alpha value is -0.350. The van der Waals surface area contributed by atoms with Gasteiger partial charge in [0, 0.05) is 15.8 Å². The number of hydrogen-bond donors (Lipinski definition) is 1. The van der Waals surface area contributed by atoms with E-state index in [4.69, 9.17) is 0 Å². The van der Waals surface area contributed by atoms with Crippen molar-refractivity contribution in [3.8, 4) is 0 Å². The average molecular weight is 349 g/mol. The van der Waals surface area contributed by atoms with E-state index in [1.165, 1.54) is 0 Å². The molecule has 88 valence electrons. The van der Waals surface area contributed by atoms with Crippen molar-refractivity contribution in [2.75, 3.05) is 5.33 Å². The second-order valence-corrected chi connectivity index (χ2v) is 5.18. The summed E-state index contributed by atoms with van der Waals surface area (Å²) >= 11 is 6.77. The lowest BCUT2D eigenvalue weighted by Gasteiger charge is -2.16. The van der Waals surface area contributed by atoms with Gasteiger partial charge in [0.05, 0.1) is 5.56 Å². The molecule has 0 bridgehead atoms. The van der Waals surface area contributed by atoms with Crippen LogP contribution in [-0.4, -0.2) is 17.3 Å². The summed E-state index contributed by atoms with van der Waals surface area (Å²) in [7, 11) is 0. The van der Waals surface area contributed by atoms with Gasteiger partial charge >= 0.3 is 0 Å². The Balaban J connectivity index is 2.68. The molecule has 2 nitrogen and oxygen atoms in total. The lowest BCUT2D eigenvalue weighted by atomic mass is 10.1. The molecule has 0 radical (unpaired) electrons. The molecule has 0 saturated carbocycles. The number of rotatable bonds is 5. The Morgan fingerprint density at radius 3 is 2.69 bits per heavy atom. The highest BCUT2D eigenvalue weighted by Gasteiger charge is 2.13. The van der Waals surface area contributed by atoms with Gasteiger partial charge in [-0.15, -0.1) is 0 Å². The third-order valence-electron chi connectivity index (χ3n) is 2.40. The number of hydrogen-bond acceptors (Lipinski definition) is 1. The molecule has 0 aliphatic rings. The Morgan fingerprint density at radius 1 is 1.44 bits per heavy atom. The molecule has 1 N–H and O–H groups in total. The molecule has 0 aliphatic carbocycles. The number of benzene rings is 1. The molecule has 1 atom stereocenters. The van der Waals surface area contributed by atoms with Crippen molar-refractivity contribution < 1.29 is 4.79 Å². The van der Waals surface area contributed by atoms with Gasteiger partial charge in [0.2, 0.25) is 0 Å². The van der Waals surface area contributed by atoms with E-state index < -0.39 is 0 Å². The van der Waals surface area contributed by atoms with Crippen molar-refractivity contribution in [2.45, 2.75) is 25.8 Å². The number of halogens is 2. The zero-order chi connectivity index (χ0) is 12.0. The Labute approximate surface area is 113 Å². The number of carbonyl (C=O) groups excluding carboxylic acids is 1. The standard InChI is InChI=1S/C12H15Br2NO/c1-2-9(7-8-13)15-12(16)10-5-3-4-6-11(10)14/h3-6,9H,2,7-8H2,1H3,(H,15,16). The fourth-order valence-electron chi connectivity index (χ4n) is 1.42. The third-order valence-corrected chi connectivity index (χ3v) is 3.55. The SMILES string of the molecule is CCC(CCBr)NC(=O)c1ccccc1Br. The van der Waals surface area contributed by atoms with Crippen LogP contribution < -0.4 is 5.32 Å².